The molecular formula is C17H24Cl2N2O. The zero-order valence-corrected chi connectivity index (χ0v) is 15.1. The van der Waals surface area contributed by atoms with Crippen molar-refractivity contribution in [3.63, 3.8) is 0 Å². The van der Waals surface area contributed by atoms with Crippen molar-refractivity contribution in [3.05, 3.63) is 33.8 Å². The normalized spacial score (nSPS) is 23.4. The van der Waals surface area contributed by atoms with E-state index in [4.69, 9.17) is 23.2 Å². The molecule has 0 radical (unpaired) electrons. The highest BCUT2D eigenvalue weighted by atomic mass is 35.5. The maximum absolute atomic E-state index is 12.7. The fourth-order valence-corrected chi connectivity index (χ4v) is 3.81. The van der Waals surface area contributed by atoms with Crippen LogP contribution in [0.5, 0.6) is 0 Å². The minimum Gasteiger partial charge on any atom is -0.347 e. The Labute approximate surface area is 143 Å². The molecule has 2 atom stereocenters. The number of hydrogen-bond acceptors (Lipinski definition) is 2. The van der Waals surface area contributed by atoms with Crippen molar-refractivity contribution >= 4 is 29.1 Å². The lowest BCUT2D eigenvalue weighted by atomic mass is 9.88. The first-order chi connectivity index (χ1) is 10.2. The molecule has 2 rings (SSSR count). The molecular weight excluding hydrogens is 319 g/mol. The SMILES string of the molecule is CC1CC(C(=O)NC(C)(C)c2cccc(Cl)c2Cl)CN(C)C1. The average Bonchev–Trinajstić information content (AvgIpc) is 2.40. The molecule has 3 nitrogen and oxygen atoms in total. The lowest BCUT2D eigenvalue weighted by Crippen LogP contribution is -2.49. The van der Waals surface area contributed by atoms with Crippen LogP contribution in [0, 0.1) is 11.8 Å². The van der Waals surface area contributed by atoms with Crippen LogP contribution >= 0.6 is 23.2 Å². The van der Waals surface area contributed by atoms with Crippen molar-refractivity contribution in [2.75, 3.05) is 20.1 Å². The van der Waals surface area contributed by atoms with E-state index >= 15 is 0 Å². The van der Waals surface area contributed by atoms with Crippen LogP contribution in [0.15, 0.2) is 18.2 Å². The summed E-state index contributed by atoms with van der Waals surface area (Å²) in [6, 6.07) is 5.51. The van der Waals surface area contributed by atoms with Gasteiger partial charge in [-0.3, -0.25) is 4.79 Å². The number of hydrogen-bond donors (Lipinski definition) is 1. The van der Waals surface area contributed by atoms with Crippen molar-refractivity contribution in [2.45, 2.75) is 32.7 Å². The highest BCUT2D eigenvalue weighted by Gasteiger charge is 2.32. The minimum atomic E-state index is -0.557. The smallest absolute Gasteiger partial charge is 0.225 e. The number of halogens is 2. The number of piperidine rings is 1. The summed E-state index contributed by atoms with van der Waals surface area (Å²) in [6.07, 6.45) is 0.926. The molecule has 5 heteroatoms. The Hall–Kier alpha value is -0.770. The van der Waals surface area contributed by atoms with Gasteiger partial charge in [-0.1, -0.05) is 42.3 Å². The van der Waals surface area contributed by atoms with Crippen LogP contribution in [0.25, 0.3) is 0 Å². The summed E-state index contributed by atoms with van der Waals surface area (Å²) in [5, 5.41) is 4.15. The Morgan fingerprint density at radius 2 is 2.00 bits per heavy atom. The molecule has 1 fully saturated rings. The Bertz CT molecular complexity index is 550. The summed E-state index contributed by atoms with van der Waals surface area (Å²) in [4.78, 5) is 14.9. The number of benzene rings is 1. The number of amides is 1. The fraction of sp³-hybridized carbons (Fsp3) is 0.588. The van der Waals surface area contributed by atoms with Gasteiger partial charge in [-0.2, -0.15) is 0 Å². The van der Waals surface area contributed by atoms with Gasteiger partial charge >= 0.3 is 0 Å². The van der Waals surface area contributed by atoms with E-state index < -0.39 is 5.54 Å². The lowest BCUT2D eigenvalue weighted by molar-refractivity contribution is -0.129. The molecule has 1 aromatic carbocycles. The van der Waals surface area contributed by atoms with Gasteiger partial charge in [0.2, 0.25) is 5.91 Å². The quantitative estimate of drug-likeness (QED) is 0.902. The predicted molar refractivity (Wildman–Crippen MR) is 92.4 cm³/mol. The summed E-state index contributed by atoms with van der Waals surface area (Å²) in [5.74, 6) is 0.637. The van der Waals surface area contributed by atoms with Gasteiger partial charge in [-0.15, -0.1) is 0 Å². The second kappa shape index (κ2) is 6.77. The van der Waals surface area contributed by atoms with Crippen molar-refractivity contribution in [1.29, 1.82) is 0 Å². The molecule has 0 spiro atoms. The van der Waals surface area contributed by atoms with E-state index in [1.54, 1.807) is 6.07 Å². The van der Waals surface area contributed by atoms with Crippen molar-refractivity contribution in [1.82, 2.24) is 10.2 Å². The molecule has 0 aromatic heterocycles. The highest BCUT2D eigenvalue weighted by molar-refractivity contribution is 6.42. The first-order valence-electron chi connectivity index (χ1n) is 7.65. The van der Waals surface area contributed by atoms with Crippen LogP contribution in [0.1, 0.15) is 32.8 Å². The molecule has 2 unspecified atom stereocenters. The molecule has 1 aliphatic heterocycles. The zero-order valence-electron chi connectivity index (χ0n) is 13.6. The van der Waals surface area contributed by atoms with E-state index in [2.05, 4.69) is 24.2 Å². The number of likely N-dealkylation sites (tertiary alicyclic amines) is 1. The zero-order chi connectivity index (χ0) is 16.5. The summed E-state index contributed by atoms with van der Waals surface area (Å²) in [5.41, 5.74) is 0.283. The summed E-state index contributed by atoms with van der Waals surface area (Å²) >= 11 is 12.4. The molecule has 1 N–H and O–H groups in total. The van der Waals surface area contributed by atoms with E-state index in [9.17, 15) is 4.79 Å². The molecule has 1 amide bonds. The molecule has 22 heavy (non-hydrogen) atoms. The van der Waals surface area contributed by atoms with E-state index in [0.717, 1.165) is 25.1 Å². The number of nitrogens with one attached hydrogen (secondary N) is 1. The molecule has 1 aliphatic rings. The maximum atomic E-state index is 12.7. The Morgan fingerprint density at radius 1 is 1.32 bits per heavy atom. The van der Waals surface area contributed by atoms with Crippen LogP contribution in [0.4, 0.5) is 0 Å². The standard InChI is InChI=1S/C17H24Cl2N2O/c1-11-8-12(10-21(4)9-11)16(22)20-17(2,3)13-6-5-7-14(18)15(13)19/h5-7,11-12H,8-10H2,1-4H3,(H,20,22). The molecule has 122 valence electrons. The molecule has 1 heterocycles. The summed E-state index contributed by atoms with van der Waals surface area (Å²) in [6.45, 7) is 7.95. The third-order valence-corrected chi connectivity index (χ3v) is 5.09. The van der Waals surface area contributed by atoms with Crippen LogP contribution < -0.4 is 5.32 Å². The second-order valence-electron chi connectivity index (χ2n) is 6.97. The lowest BCUT2D eigenvalue weighted by Gasteiger charge is -2.36. The van der Waals surface area contributed by atoms with Crippen molar-refractivity contribution in [2.24, 2.45) is 11.8 Å². The van der Waals surface area contributed by atoms with Crippen molar-refractivity contribution < 1.29 is 4.79 Å². The van der Waals surface area contributed by atoms with Crippen LogP contribution in [0.2, 0.25) is 10.0 Å². The fourth-order valence-electron chi connectivity index (χ4n) is 3.27. The van der Waals surface area contributed by atoms with E-state index in [-0.39, 0.29) is 11.8 Å². The predicted octanol–water partition coefficient (Wildman–Crippen LogP) is 3.93. The first kappa shape index (κ1) is 17.6. The summed E-state index contributed by atoms with van der Waals surface area (Å²) in [7, 11) is 2.06. The number of carbonyl (C=O) groups is 1. The summed E-state index contributed by atoms with van der Waals surface area (Å²) < 4.78 is 0. The largest absolute Gasteiger partial charge is 0.347 e. The molecule has 1 aromatic rings. The Morgan fingerprint density at radius 3 is 2.64 bits per heavy atom. The third-order valence-electron chi connectivity index (χ3n) is 4.27. The van der Waals surface area contributed by atoms with Gasteiger partial charge in [0.05, 0.1) is 21.5 Å². The average molecular weight is 343 g/mol. The Kier molecular flexibility index (Phi) is 5.41. The molecule has 1 saturated heterocycles. The maximum Gasteiger partial charge on any atom is 0.225 e. The van der Waals surface area contributed by atoms with Crippen LogP contribution in [-0.4, -0.2) is 30.9 Å². The first-order valence-corrected chi connectivity index (χ1v) is 8.41. The number of nitrogens with zero attached hydrogens (tertiary/aromatic N) is 1. The van der Waals surface area contributed by atoms with Gasteiger partial charge in [-0.25, -0.2) is 0 Å². The van der Waals surface area contributed by atoms with Gasteiger partial charge in [0.15, 0.2) is 0 Å². The molecule has 0 saturated carbocycles. The Balaban J connectivity index is 2.14. The number of carbonyl (C=O) groups excluding carboxylic acids is 1. The van der Waals surface area contributed by atoms with Gasteiger partial charge in [0, 0.05) is 13.1 Å². The molecule has 0 aliphatic carbocycles. The van der Waals surface area contributed by atoms with E-state index in [1.165, 1.54) is 0 Å². The molecule has 0 bridgehead atoms. The number of rotatable bonds is 3. The van der Waals surface area contributed by atoms with Crippen molar-refractivity contribution in [3.8, 4) is 0 Å². The van der Waals surface area contributed by atoms with Gasteiger partial charge < -0.3 is 10.2 Å². The van der Waals surface area contributed by atoms with E-state index in [0.29, 0.717) is 16.0 Å². The monoisotopic (exact) mass is 342 g/mol. The van der Waals surface area contributed by atoms with Gasteiger partial charge in [0.25, 0.3) is 0 Å². The van der Waals surface area contributed by atoms with Gasteiger partial charge in [0.1, 0.15) is 0 Å². The minimum absolute atomic E-state index is 0.0194. The topological polar surface area (TPSA) is 32.3 Å². The highest BCUT2D eigenvalue weighted by Crippen LogP contribution is 2.33. The third kappa shape index (κ3) is 3.95. The van der Waals surface area contributed by atoms with E-state index in [1.807, 2.05) is 26.0 Å². The second-order valence-corrected chi connectivity index (χ2v) is 7.76. The van der Waals surface area contributed by atoms with Gasteiger partial charge in [-0.05, 0) is 44.9 Å². The van der Waals surface area contributed by atoms with Crippen LogP contribution in [0.3, 0.4) is 0 Å². The van der Waals surface area contributed by atoms with Crippen LogP contribution in [-0.2, 0) is 10.3 Å².